The van der Waals surface area contributed by atoms with Gasteiger partial charge in [-0.05, 0) is 50.8 Å². The molecule has 1 aromatic rings. The van der Waals surface area contributed by atoms with Crippen molar-refractivity contribution >= 4 is 17.9 Å². The van der Waals surface area contributed by atoms with Gasteiger partial charge in [-0.15, -0.1) is 0 Å². The molecule has 1 heterocycles. The first-order chi connectivity index (χ1) is 15.9. The molecule has 0 aromatic heterocycles. The number of fused-ring (bicyclic) bond motifs is 1. The highest BCUT2D eigenvalue weighted by atomic mass is 16.6. The third kappa shape index (κ3) is 6.82. The van der Waals surface area contributed by atoms with Gasteiger partial charge in [0.1, 0.15) is 17.2 Å². The molecule has 8 heteroatoms. The van der Waals surface area contributed by atoms with E-state index in [1.807, 2.05) is 32.0 Å². The number of nitrogens with zero attached hydrogens (tertiary/aromatic N) is 1. The van der Waals surface area contributed by atoms with Crippen molar-refractivity contribution in [3.8, 4) is 0 Å². The topological polar surface area (TPSA) is 111 Å². The fraction of sp³-hybridized carbons (Fsp3) is 0.577. The number of unbranched alkanes of at least 4 members (excludes halogenated alkanes) is 1. The number of benzene rings is 1. The van der Waals surface area contributed by atoms with E-state index >= 15 is 0 Å². The van der Waals surface area contributed by atoms with Crippen molar-refractivity contribution in [2.75, 3.05) is 19.7 Å². The van der Waals surface area contributed by atoms with Crippen LogP contribution >= 0.6 is 0 Å². The second-order valence-electron chi connectivity index (χ2n) is 10.1. The summed E-state index contributed by atoms with van der Waals surface area (Å²) in [4.78, 5) is 39.8. The Kier molecular flexibility index (Phi) is 9.27. The molecular weight excluding hydrogens is 434 g/mol. The van der Waals surface area contributed by atoms with Crippen LogP contribution < -0.4 is 11.1 Å². The summed E-state index contributed by atoms with van der Waals surface area (Å²) in [7, 11) is 0. The van der Waals surface area contributed by atoms with E-state index in [1.165, 1.54) is 6.08 Å². The lowest BCUT2D eigenvalue weighted by molar-refractivity contribution is -0.113. The van der Waals surface area contributed by atoms with E-state index in [1.54, 1.807) is 37.8 Å². The summed E-state index contributed by atoms with van der Waals surface area (Å²) in [5.74, 6) is -0.729. The van der Waals surface area contributed by atoms with Crippen molar-refractivity contribution in [1.82, 2.24) is 10.2 Å². The highest BCUT2D eigenvalue weighted by Crippen LogP contribution is 2.43. The number of nitrogens with two attached hydrogens (primary N) is 1. The van der Waals surface area contributed by atoms with Crippen LogP contribution in [-0.4, -0.2) is 53.6 Å². The summed E-state index contributed by atoms with van der Waals surface area (Å²) in [5, 5.41) is 2.81. The second kappa shape index (κ2) is 11.5. The van der Waals surface area contributed by atoms with Crippen LogP contribution in [0.1, 0.15) is 76.4 Å². The Hall–Kier alpha value is -2.87. The van der Waals surface area contributed by atoms with Gasteiger partial charge in [-0.3, -0.25) is 9.59 Å². The molecule has 1 aliphatic heterocycles. The lowest BCUT2D eigenvalue weighted by Gasteiger charge is -2.51. The fourth-order valence-corrected chi connectivity index (χ4v) is 4.04. The summed E-state index contributed by atoms with van der Waals surface area (Å²) in [6.45, 7) is 12.2. The van der Waals surface area contributed by atoms with Crippen LogP contribution in [0.2, 0.25) is 0 Å². The monoisotopic (exact) mass is 473 g/mol. The molecule has 8 nitrogen and oxygen atoms in total. The molecule has 1 aliphatic rings. The zero-order valence-electron chi connectivity index (χ0n) is 21.2. The van der Waals surface area contributed by atoms with E-state index in [0.717, 1.165) is 12.8 Å². The molecule has 2 unspecified atom stereocenters. The Morgan fingerprint density at radius 3 is 2.53 bits per heavy atom. The minimum atomic E-state index is -1.19. The zero-order valence-corrected chi connectivity index (χ0v) is 21.2. The van der Waals surface area contributed by atoms with Gasteiger partial charge in [0.05, 0.1) is 6.54 Å². The Bertz CT molecular complexity index is 906. The highest BCUT2D eigenvalue weighted by molar-refractivity contribution is 5.98. The first-order valence-corrected chi connectivity index (χ1v) is 11.9. The van der Waals surface area contributed by atoms with Crippen molar-refractivity contribution < 1.29 is 23.9 Å². The maximum atomic E-state index is 13.7. The Morgan fingerprint density at radius 2 is 1.94 bits per heavy atom. The molecule has 0 saturated carbocycles. The summed E-state index contributed by atoms with van der Waals surface area (Å²) in [5.41, 5.74) is 4.85. The largest absolute Gasteiger partial charge is 0.444 e. The third-order valence-corrected chi connectivity index (χ3v) is 5.46. The van der Waals surface area contributed by atoms with Crippen molar-refractivity contribution in [1.29, 1.82) is 0 Å². The predicted molar refractivity (Wildman–Crippen MR) is 131 cm³/mol. The van der Waals surface area contributed by atoms with Gasteiger partial charge in [0.2, 0.25) is 5.91 Å². The summed E-state index contributed by atoms with van der Waals surface area (Å²) in [6, 6.07) is 7.31. The summed E-state index contributed by atoms with van der Waals surface area (Å²) < 4.78 is 11.8. The van der Waals surface area contributed by atoms with Crippen molar-refractivity contribution in [2.24, 2.45) is 11.7 Å². The lowest BCUT2D eigenvalue weighted by Crippen LogP contribution is -2.64. The van der Waals surface area contributed by atoms with E-state index in [-0.39, 0.29) is 18.4 Å². The number of ether oxygens (including phenoxy) is 2. The molecule has 3 amide bonds. The SMILES string of the molecule is CCCCOC1c2ccccc2C(=O)N(CC(C)C)C1(C=CC(N)=O)CNC(=O)OC(C)(C)C. The van der Waals surface area contributed by atoms with Crippen molar-refractivity contribution in [3.63, 3.8) is 0 Å². The van der Waals surface area contributed by atoms with E-state index in [2.05, 4.69) is 12.2 Å². The van der Waals surface area contributed by atoms with Gasteiger partial charge >= 0.3 is 6.09 Å². The number of primary amides is 1. The van der Waals surface area contributed by atoms with Crippen LogP contribution in [0.4, 0.5) is 4.79 Å². The third-order valence-electron chi connectivity index (χ3n) is 5.46. The molecule has 0 aliphatic carbocycles. The number of carbonyl (C=O) groups excluding carboxylic acids is 3. The second-order valence-corrected chi connectivity index (χ2v) is 10.1. The molecule has 1 aromatic carbocycles. The van der Waals surface area contributed by atoms with E-state index in [4.69, 9.17) is 15.2 Å². The average Bonchev–Trinajstić information content (AvgIpc) is 2.74. The molecule has 188 valence electrons. The van der Waals surface area contributed by atoms with Gasteiger partial charge in [-0.1, -0.05) is 45.4 Å². The molecule has 0 fully saturated rings. The van der Waals surface area contributed by atoms with Crippen molar-refractivity contribution in [2.45, 2.75) is 71.6 Å². The first kappa shape index (κ1) is 27.4. The van der Waals surface area contributed by atoms with Crippen LogP contribution in [0, 0.1) is 5.92 Å². The van der Waals surface area contributed by atoms with Crippen LogP contribution in [-0.2, 0) is 14.3 Å². The first-order valence-electron chi connectivity index (χ1n) is 11.9. The molecule has 0 saturated heterocycles. The molecular formula is C26H39N3O5. The standard InChI is InChI=1S/C26H39N3O5/c1-7-8-15-33-22-19-11-9-10-12-20(19)23(31)29(16-18(2)3)26(22,14-13-21(27)30)17-28-24(32)34-25(4,5)6/h9-14,18,22H,7-8,15-17H2,1-6H3,(H2,27,30)(H,28,32). The lowest BCUT2D eigenvalue weighted by atomic mass is 9.78. The fourth-order valence-electron chi connectivity index (χ4n) is 4.04. The smallest absolute Gasteiger partial charge is 0.407 e. The normalized spacial score (nSPS) is 20.5. The van der Waals surface area contributed by atoms with E-state index in [0.29, 0.717) is 24.3 Å². The van der Waals surface area contributed by atoms with Gasteiger partial charge < -0.3 is 25.4 Å². The van der Waals surface area contributed by atoms with E-state index in [9.17, 15) is 14.4 Å². The van der Waals surface area contributed by atoms with Gasteiger partial charge in [0.15, 0.2) is 0 Å². The number of hydrogen-bond acceptors (Lipinski definition) is 5. The number of nitrogens with one attached hydrogen (secondary N) is 1. The van der Waals surface area contributed by atoms with Crippen LogP contribution in [0.15, 0.2) is 36.4 Å². The number of hydrogen-bond donors (Lipinski definition) is 2. The molecule has 0 bridgehead atoms. The quantitative estimate of drug-likeness (QED) is 0.395. The van der Waals surface area contributed by atoms with Gasteiger partial charge in [-0.25, -0.2) is 4.79 Å². The number of rotatable bonds is 10. The minimum Gasteiger partial charge on any atom is -0.444 e. The molecule has 2 atom stereocenters. The van der Waals surface area contributed by atoms with Crippen molar-refractivity contribution in [3.05, 3.63) is 47.5 Å². The van der Waals surface area contributed by atoms with Gasteiger partial charge in [-0.2, -0.15) is 0 Å². The highest BCUT2D eigenvalue weighted by Gasteiger charge is 2.51. The summed E-state index contributed by atoms with van der Waals surface area (Å²) >= 11 is 0. The van der Waals surface area contributed by atoms with Crippen LogP contribution in [0.5, 0.6) is 0 Å². The number of amides is 3. The minimum absolute atomic E-state index is 0.0186. The molecule has 3 N–H and O–H groups in total. The number of carbonyl (C=O) groups is 3. The number of alkyl carbamates (subject to hydrolysis) is 1. The maximum absolute atomic E-state index is 13.7. The Morgan fingerprint density at radius 1 is 1.26 bits per heavy atom. The molecule has 0 radical (unpaired) electrons. The Balaban J connectivity index is 2.66. The van der Waals surface area contributed by atoms with Crippen LogP contribution in [0.3, 0.4) is 0 Å². The molecule has 0 spiro atoms. The van der Waals surface area contributed by atoms with Gasteiger partial charge in [0, 0.05) is 24.8 Å². The molecule has 34 heavy (non-hydrogen) atoms. The predicted octanol–water partition coefficient (Wildman–Crippen LogP) is 3.96. The van der Waals surface area contributed by atoms with E-state index < -0.39 is 29.2 Å². The summed E-state index contributed by atoms with van der Waals surface area (Å²) in [6.07, 6.45) is 3.34. The van der Waals surface area contributed by atoms with Crippen LogP contribution in [0.25, 0.3) is 0 Å². The average molecular weight is 474 g/mol. The van der Waals surface area contributed by atoms with Gasteiger partial charge in [0.25, 0.3) is 5.91 Å². The zero-order chi connectivity index (χ0) is 25.5. The maximum Gasteiger partial charge on any atom is 0.407 e. The Labute approximate surface area is 202 Å². The molecule has 2 rings (SSSR count).